The van der Waals surface area contributed by atoms with E-state index < -0.39 is 5.83 Å². The summed E-state index contributed by atoms with van der Waals surface area (Å²) in [7, 11) is 1.57. The molecule has 43 heavy (non-hydrogen) atoms. The third-order valence-corrected chi connectivity index (χ3v) is 7.14. The smallest absolute Gasteiger partial charge is 0.224 e. The molecule has 0 spiro atoms. The molecule has 6 rings (SSSR count). The van der Waals surface area contributed by atoms with Crippen molar-refractivity contribution in [3.05, 3.63) is 79.0 Å². The summed E-state index contributed by atoms with van der Waals surface area (Å²) < 4.78 is 33.2. The maximum absolute atomic E-state index is 13.6. The number of carbonyl (C=O) groups excluding carboxylic acids is 1. The van der Waals surface area contributed by atoms with Crippen LogP contribution in [-0.4, -0.2) is 66.7 Å². The Kier molecular flexibility index (Phi) is 7.54. The number of benzene rings is 2. The van der Waals surface area contributed by atoms with E-state index in [9.17, 15) is 9.18 Å². The lowest BCUT2D eigenvalue weighted by atomic mass is 10.1. The molecule has 218 valence electrons. The number of hydrogen-bond donors (Lipinski definition) is 1. The van der Waals surface area contributed by atoms with Crippen LogP contribution in [0.5, 0.6) is 23.1 Å². The average molecular weight is 583 g/mol. The van der Waals surface area contributed by atoms with Crippen LogP contribution in [0, 0.1) is 6.92 Å². The topological polar surface area (TPSA) is 129 Å². The predicted octanol–water partition coefficient (Wildman–Crippen LogP) is 4.96. The average Bonchev–Trinajstić information content (AvgIpc) is 3.48. The van der Waals surface area contributed by atoms with Gasteiger partial charge in [0.2, 0.25) is 5.88 Å². The van der Waals surface area contributed by atoms with E-state index in [1.54, 1.807) is 47.1 Å². The molecule has 1 saturated heterocycles. The van der Waals surface area contributed by atoms with Gasteiger partial charge in [-0.05, 0) is 36.8 Å². The molecule has 0 saturated carbocycles. The van der Waals surface area contributed by atoms with Gasteiger partial charge in [-0.3, -0.25) is 4.40 Å². The molecular weight excluding hydrogens is 555 g/mol. The number of methoxy groups -OCH3 is 1. The number of hydrogen-bond acceptors (Lipinski definition) is 11. The molecule has 1 aliphatic heterocycles. The Morgan fingerprint density at radius 2 is 1.91 bits per heavy atom. The van der Waals surface area contributed by atoms with Gasteiger partial charge in [0.15, 0.2) is 34.6 Å². The Bertz CT molecular complexity index is 1880. The van der Waals surface area contributed by atoms with Crippen LogP contribution in [-0.2, 0) is 4.79 Å². The Balaban J connectivity index is 1.20. The van der Waals surface area contributed by atoms with Crippen molar-refractivity contribution < 1.29 is 23.4 Å². The third kappa shape index (κ3) is 5.79. The first kappa shape index (κ1) is 27.6. The molecule has 3 aromatic heterocycles. The maximum atomic E-state index is 13.6. The molecule has 0 amide bonds. The van der Waals surface area contributed by atoms with Crippen molar-refractivity contribution in [2.45, 2.75) is 25.9 Å². The minimum Gasteiger partial charge on any atom is -0.493 e. The highest BCUT2D eigenvalue weighted by Crippen LogP contribution is 2.37. The molecule has 12 nitrogen and oxygen atoms in total. The zero-order chi connectivity index (χ0) is 29.9. The lowest BCUT2D eigenvalue weighted by Gasteiger charge is -2.33. The van der Waals surface area contributed by atoms with Gasteiger partial charge in [-0.15, -0.1) is 10.2 Å². The first-order valence-electron chi connectivity index (χ1n) is 13.5. The number of aryl methyl sites for hydroxylation is 1. The lowest BCUT2D eigenvalue weighted by molar-refractivity contribution is 0.114. The Hall–Kier alpha value is -5.55. The van der Waals surface area contributed by atoms with E-state index in [0.717, 1.165) is 16.6 Å². The van der Waals surface area contributed by atoms with E-state index in [2.05, 4.69) is 37.0 Å². The van der Waals surface area contributed by atoms with Crippen LogP contribution < -0.4 is 19.5 Å². The van der Waals surface area contributed by atoms with Crippen molar-refractivity contribution in [1.82, 2.24) is 34.4 Å². The molecule has 5 aromatic rings. The molecule has 4 heterocycles. The van der Waals surface area contributed by atoms with Gasteiger partial charge in [0.05, 0.1) is 12.6 Å². The number of allylic oxidation sites excluding steroid dienone is 1. The Morgan fingerprint density at radius 3 is 2.65 bits per heavy atom. The van der Waals surface area contributed by atoms with Crippen LogP contribution >= 0.6 is 0 Å². The quantitative estimate of drug-likeness (QED) is 0.187. The molecular formula is C30H27FN8O4. The van der Waals surface area contributed by atoms with Crippen LogP contribution in [0.25, 0.3) is 16.6 Å². The number of piperidine rings is 1. The number of nitrogens with one attached hydrogen (secondary N) is 1. The summed E-state index contributed by atoms with van der Waals surface area (Å²) >= 11 is 0. The van der Waals surface area contributed by atoms with Gasteiger partial charge in [0.1, 0.15) is 36.7 Å². The van der Waals surface area contributed by atoms with Gasteiger partial charge in [0, 0.05) is 49.1 Å². The SMILES string of the molecule is C=C(F)C(=C=O)N1CCC(Oc2cc3c(Nc4ccc(Oc5cc6nncn6cn5)c(C)c4)ncnc3cc2OC)CC1. The summed E-state index contributed by atoms with van der Waals surface area (Å²) in [6, 6.07) is 11.0. The van der Waals surface area contributed by atoms with Crippen molar-refractivity contribution >= 4 is 34.0 Å². The summed E-state index contributed by atoms with van der Waals surface area (Å²) in [5.41, 5.74) is 2.84. The largest absolute Gasteiger partial charge is 0.493 e. The molecule has 1 fully saturated rings. The van der Waals surface area contributed by atoms with Crippen molar-refractivity contribution in [2.75, 3.05) is 25.5 Å². The minimum absolute atomic E-state index is 0.144. The standard InChI is InChI=1S/C30H27FN8O4/c1-18-10-20(4-5-25(18)43-29-13-28-37-35-17-39(28)16-34-29)36-30-22-11-27(26(41-3)12-23(22)32-15-33-30)42-21-6-8-38(9-7-21)24(14-40)19(2)31/h4-5,10-13,15-17,21H,2,6-9H2,1,3H3,(H,32,33,36). The second kappa shape index (κ2) is 11.7. The number of likely N-dealkylation sites (tertiary alicyclic amines) is 1. The zero-order valence-corrected chi connectivity index (χ0v) is 23.5. The van der Waals surface area contributed by atoms with Crippen molar-refractivity contribution in [3.8, 4) is 23.1 Å². The molecule has 0 radical (unpaired) electrons. The zero-order valence-electron chi connectivity index (χ0n) is 23.5. The fourth-order valence-electron chi connectivity index (χ4n) is 4.94. The monoisotopic (exact) mass is 582 g/mol. The van der Waals surface area contributed by atoms with Crippen LogP contribution in [0.2, 0.25) is 0 Å². The van der Waals surface area contributed by atoms with Gasteiger partial charge in [0.25, 0.3) is 0 Å². The fraction of sp³-hybridized carbons (Fsp3) is 0.233. The van der Waals surface area contributed by atoms with E-state index in [1.165, 1.54) is 6.33 Å². The van der Waals surface area contributed by atoms with Gasteiger partial charge < -0.3 is 24.4 Å². The van der Waals surface area contributed by atoms with E-state index >= 15 is 0 Å². The summed E-state index contributed by atoms with van der Waals surface area (Å²) in [6.45, 7) is 6.04. The molecule has 0 unspecified atom stereocenters. The number of anilines is 2. The molecule has 0 atom stereocenters. The van der Waals surface area contributed by atoms with E-state index in [4.69, 9.17) is 14.2 Å². The summed E-state index contributed by atoms with van der Waals surface area (Å²) in [4.78, 5) is 26.0. The predicted molar refractivity (Wildman–Crippen MR) is 156 cm³/mol. The number of rotatable bonds is 9. The van der Waals surface area contributed by atoms with Gasteiger partial charge in [-0.1, -0.05) is 6.58 Å². The maximum Gasteiger partial charge on any atom is 0.224 e. The first-order chi connectivity index (χ1) is 20.9. The Morgan fingerprint density at radius 1 is 1.07 bits per heavy atom. The van der Waals surface area contributed by atoms with Gasteiger partial charge >= 0.3 is 0 Å². The number of fused-ring (bicyclic) bond motifs is 2. The minimum atomic E-state index is -0.787. The summed E-state index contributed by atoms with van der Waals surface area (Å²) in [5, 5.41) is 12.0. The summed E-state index contributed by atoms with van der Waals surface area (Å²) in [6.07, 6.45) is 5.63. The fourth-order valence-corrected chi connectivity index (χ4v) is 4.94. The molecule has 0 aliphatic carbocycles. The number of halogens is 1. The number of aromatic nitrogens is 6. The summed E-state index contributed by atoms with van der Waals surface area (Å²) in [5.74, 6) is 3.56. The van der Waals surface area contributed by atoms with E-state index in [0.29, 0.717) is 66.0 Å². The van der Waals surface area contributed by atoms with Crippen LogP contribution in [0.4, 0.5) is 15.9 Å². The second-order valence-electron chi connectivity index (χ2n) is 9.93. The van der Waals surface area contributed by atoms with E-state index in [-0.39, 0.29) is 11.8 Å². The molecule has 0 bridgehead atoms. The molecule has 2 aromatic carbocycles. The highest BCUT2D eigenvalue weighted by Gasteiger charge is 2.25. The van der Waals surface area contributed by atoms with Crippen molar-refractivity contribution in [3.63, 3.8) is 0 Å². The third-order valence-electron chi connectivity index (χ3n) is 7.14. The first-order valence-corrected chi connectivity index (χ1v) is 13.5. The van der Waals surface area contributed by atoms with E-state index in [1.807, 2.05) is 31.2 Å². The Labute approximate surface area is 245 Å². The van der Waals surface area contributed by atoms with Crippen LogP contribution in [0.3, 0.4) is 0 Å². The highest BCUT2D eigenvalue weighted by molar-refractivity contribution is 5.93. The van der Waals surface area contributed by atoms with Crippen LogP contribution in [0.15, 0.2) is 73.5 Å². The molecule has 1 aliphatic rings. The molecule has 1 N–H and O–H groups in total. The van der Waals surface area contributed by atoms with Crippen molar-refractivity contribution in [2.24, 2.45) is 0 Å². The van der Waals surface area contributed by atoms with Crippen molar-refractivity contribution in [1.29, 1.82) is 0 Å². The van der Waals surface area contributed by atoms with Crippen LogP contribution in [0.1, 0.15) is 18.4 Å². The highest BCUT2D eigenvalue weighted by atomic mass is 19.1. The molecule has 13 heteroatoms. The number of ether oxygens (including phenoxy) is 3. The number of nitrogens with zero attached hydrogens (tertiary/aromatic N) is 7. The van der Waals surface area contributed by atoms with Gasteiger partial charge in [-0.25, -0.2) is 24.1 Å². The second-order valence-corrected chi connectivity index (χ2v) is 9.93. The lowest BCUT2D eigenvalue weighted by Crippen LogP contribution is -2.38. The van der Waals surface area contributed by atoms with Gasteiger partial charge in [-0.2, -0.15) is 0 Å². The normalized spacial score (nSPS) is 13.5.